The molecule has 1 aliphatic rings. The van der Waals surface area contributed by atoms with Crippen LogP contribution in [-0.4, -0.2) is 51.5 Å². The van der Waals surface area contributed by atoms with Crippen molar-refractivity contribution in [3.8, 4) is 22.0 Å². The minimum absolute atomic E-state index is 0.147. The Morgan fingerprint density at radius 1 is 1.09 bits per heavy atom. The summed E-state index contributed by atoms with van der Waals surface area (Å²) in [5.74, 6) is 1.04. The molecule has 0 aliphatic carbocycles. The Morgan fingerprint density at radius 3 is 2.53 bits per heavy atom. The normalized spacial score (nSPS) is 14.2. The predicted octanol–water partition coefficient (Wildman–Crippen LogP) is 5.50. The van der Waals surface area contributed by atoms with Crippen LogP contribution in [0.2, 0.25) is 10.0 Å². The second-order valence-corrected chi connectivity index (χ2v) is 9.71. The molecule has 0 radical (unpaired) electrons. The number of rotatable bonds is 4. The maximum Gasteiger partial charge on any atom is 0.259 e. The van der Waals surface area contributed by atoms with Gasteiger partial charge in [0.25, 0.3) is 5.91 Å². The molecule has 11 heteroatoms. The Morgan fingerprint density at radius 2 is 1.84 bits per heavy atom. The van der Waals surface area contributed by atoms with E-state index in [1.807, 2.05) is 17.5 Å². The largest absolute Gasteiger partial charge is 0.360 e. The lowest BCUT2D eigenvalue weighted by Gasteiger charge is -2.34. The van der Waals surface area contributed by atoms with E-state index in [4.69, 9.17) is 27.7 Å². The van der Waals surface area contributed by atoms with Crippen LogP contribution in [0.3, 0.4) is 0 Å². The molecule has 3 aromatic heterocycles. The number of benzene rings is 1. The van der Waals surface area contributed by atoms with E-state index in [1.165, 1.54) is 11.5 Å². The summed E-state index contributed by atoms with van der Waals surface area (Å²) in [5, 5.41) is 7.81. The molecule has 0 bridgehead atoms. The topological polar surface area (TPSA) is 75.4 Å². The lowest BCUT2D eigenvalue weighted by molar-refractivity contribution is 0.0745. The number of amides is 1. The Balaban J connectivity index is 1.33. The third kappa shape index (κ3) is 3.90. The number of aromatic nitrogens is 3. The molecule has 0 saturated carbocycles. The standard InChI is InChI=1S/C21H17Cl2N5O2S2/c1-12-16(18(25-30-12)17-13(22)4-2-5-14(17)23)20(29)27-7-9-28(10-8-27)21-24-19(26-32-21)15-6-3-11-31-15/h2-6,11H,7-10H2,1H3. The van der Waals surface area contributed by atoms with Gasteiger partial charge >= 0.3 is 0 Å². The lowest BCUT2D eigenvalue weighted by atomic mass is 10.0. The van der Waals surface area contributed by atoms with Gasteiger partial charge in [-0.3, -0.25) is 4.79 Å². The summed E-state index contributed by atoms with van der Waals surface area (Å²) < 4.78 is 9.83. The number of aryl methyl sites for hydroxylation is 1. The van der Waals surface area contributed by atoms with Gasteiger partial charge in [0, 0.05) is 43.3 Å². The van der Waals surface area contributed by atoms with Gasteiger partial charge in [0.15, 0.2) is 5.82 Å². The summed E-state index contributed by atoms with van der Waals surface area (Å²) in [5.41, 5.74) is 1.27. The van der Waals surface area contributed by atoms with E-state index in [2.05, 4.69) is 19.4 Å². The molecule has 32 heavy (non-hydrogen) atoms. The van der Waals surface area contributed by atoms with Crippen molar-refractivity contribution in [2.24, 2.45) is 0 Å². The number of anilines is 1. The molecule has 0 spiro atoms. The van der Waals surface area contributed by atoms with Crippen molar-refractivity contribution in [2.45, 2.75) is 6.92 Å². The molecular weight excluding hydrogens is 489 g/mol. The Bertz CT molecular complexity index is 1240. The molecule has 0 N–H and O–H groups in total. The first-order valence-electron chi connectivity index (χ1n) is 9.85. The molecule has 1 fully saturated rings. The van der Waals surface area contributed by atoms with E-state index in [1.54, 1.807) is 41.4 Å². The molecule has 164 valence electrons. The van der Waals surface area contributed by atoms with E-state index in [-0.39, 0.29) is 5.91 Å². The van der Waals surface area contributed by atoms with Crippen LogP contribution in [0.1, 0.15) is 16.1 Å². The van der Waals surface area contributed by atoms with E-state index >= 15 is 0 Å². The number of carbonyl (C=O) groups excluding carboxylic acids is 1. The fourth-order valence-corrected chi connectivity index (χ4v) is 5.65. The van der Waals surface area contributed by atoms with Crippen molar-refractivity contribution in [3.05, 3.63) is 57.1 Å². The van der Waals surface area contributed by atoms with Gasteiger partial charge in [-0.25, -0.2) is 0 Å². The van der Waals surface area contributed by atoms with Crippen LogP contribution < -0.4 is 4.90 Å². The third-order valence-electron chi connectivity index (χ3n) is 5.27. The van der Waals surface area contributed by atoms with Crippen molar-refractivity contribution in [3.63, 3.8) is 0 Å². The second kappa shape index (κ2) is 8.82. The summed E-state index contributed by atoms with van der Waals surface area (Å²) >= 11 is 15.7. The van der Waals surface area contributed by atoms with Gasteiger partial charge in [-0.05, 0) is 30.5 Å². The summed E-state index contributed by atoms with van der Waals surface area (Å²) in [6, 6.07) is 9.18. The molecule has 0 unspecified atom stereocenters. The minimum Gasteiger partial charge on any atom is -0.360 e. The fourth-order valence-electron chi connectivity index (χ4n) is 3.63. The maximum absolute atomic E-state index is 13.4. The first kappa shape index (κ1) is 21.4. The quantitative estimate of drug-likeness (QED) is 0.364. The van der Waals surface area contributed by atoms with Gasteiger partial charge in [0.05, 0.1) is 14.9 Å². The summed E-state index contributed by atoms with van der Waals surface area (Å²) in [4.78, 5) is 23.1. The first-order valence-corrected chi connectivity index (χ1v) is 12.3. The number of carbonyl (C=O) groups is 1. The number of hydrogen-bond donors (Lipinski definition) is 0. The minimum atomic E-state index is -0.147. The van der Waals surface area contributed by atoms with Crippen LogP contribution in [0, 0.1) is 6.92 Å². The smallest absolute Gasteiger partial charge is 0.259 e. The number of nitrogens with zero attached hydrogens (tertiary/aromatic N) is 5. The van der Waals surface area contributed by atoms with Gasteiger partial charge in [-0.1, -0.05) is 40.5 Å². The average molecular weight is 506 g/mol. The zero-order valence-corrected chi connectivity index (χ0v) is 20.1. The highest BCUT2D eigenvalue weighted by atomic mass is 35.5. The number of piperazine rings is 1. The van der Waals surface area contributed by atoms with Gasteiger partial charge < -0.3 is 14.3 Å². The highest BCUT2D eigenvalue weighted by molar-refractivity contribution is 7.14. The fraction of sp³-hybridized carbons (Fsp3) is 0.238. The average Bonchev–Trinajstić information content (AvgIpc) is 3.55. The Hall–Kier alpha value is -2.46. The van der Waals surface area contributed by atoms with Crippen molar-refractivity contribution in [2.75, 3.05) is 31.1 Å². The van der Waals surface area contributed by atoms with Crippen LogP contribution in [0.25, 0.3) is 22.0 Å². The second-order valence-electron chi connectivity index (χ2n) is 7.22. The molecule has 4 aromatic rings. The molecular formula is C21H17Cl2N5O2S2. The van der Waals surface area contributed by atoms with E-state index < -0.39 is 0 Å². The number of thiophene rings is 1. The number of halogens is 2. The van der Waals surface area contributed by atoms with Crippen LogP contribution >= 0.6 is 46.1 Å². The van der Waals surface area contributed by atoms with Gasteiger partial charge in [0.2, 0.25) is 5.13 Å². The number of hydrogen-bond acceptors (Lipinski definition) is 8. The van der Waals surface area contributed by atoms with E-state index in [0.29, 0.717) is 58.8 Å². The SMILES string of the molecule is Cc1onc(-c2c(Cl)cccc2Cl)c1C(=O)N1CCN(c2nc(-c3cccs3)ns2)CC1. The molecule has 4 heterocycles. The van der Waals surface area contributed by atoms with E-state index in [9.17, 15) is 4.79 Å². The maximum atomic E-state index is 13.4. The molecule has 7 nitrogen and oxygen atoms in total. The van der Waals surface area contributed by atoms with Gasteiger partial charge in [0.1, 0.15) is 17.0 Å². The van der Waals surface area contributed by atoms with Gasteiger partial charge in [-0.2, -0.15) is 9.36 Å². The van der Waals surface area contributed by atoms with Gasteiger partial charge in [-0.15, -0.1) is 11.3 Å². The Kier molecular flexibility index (Phi) is 5.90. The Labute approximate surface area is 202 Å². The molecule has 1 aromatic carbocycles. The zero-order valence-electron chi connectivity index (χ0n) is 16.9. The van der Waals surface area contributed by atoms with E-state index in [0.717, 1.165) is 15.8 Å². The monoisotopic (exact) mass is 505 g/mol. The lowest BCUT2D eigenvalue weighted by Crippen LogP contribution is -2.49. The first-order chi connectivity index (χ1) is 15.5. The molecule has 1 aliphatic heterocycles. The van der Waals surface area contributed by atoms with Crippen LogP contribution in [0.5, 0.6) is 0 Å². The molecule has 1 amide bonds. The molecule has 1 saturated heterocycles. The molecule has 5 rings (SSSR count). The molecule has 0 atom stereocenters. The van der Waals surface area contributed by atoms with Crippen LogP contribution in [0.4, 0.5) is 5.13 Å². The summed E-state index contributed by atoms with van der Waals surface area (Å²) in [6.45, 7) is 4.15. The van der Waals surface area contributed by atoms with Crippen molar-refractivity contribution in [1.82, 2.24) is 19.4 Å². The van der Waals surface area contributed by atoms with Crippen molar-refractivity contribution >= 4 is 57.1 Å². The third-order valence-corrected chi connectivity index (χ3v) is 7.54. The summed E-state index contributed by atoms with van der Waals surface area (Å²) in [7, 11) is 0. The summed E-state index contributed by atoms with van der Waals surface area (Å²) in [6.07, 6.45) is 0. The van der Waals surface area contributed by atoms with Crippen LogP contribution in [0.15, 0.2) is 40.2 Å². The van der Waals surface area contributed by atoms with Crippen molar-refractivity contribution < 1.29 is 9.32 Å². The van der Waals surface area contributed by atoms with Crippen molar-refractivity contribution in [1.29, 1.82) is 0 Å². The predicted molar refractivity (Wildman–Crippen MR) is 128 cm³/mol. The highest BCUT2D eigenvalue weighted by Crippen LogP contribution is 2.37. The highest BCUT2D eigenvalue weighted by Gasteiger charge is 2.31. The zero-order chi connectivity index (χ0) is 22.2. The van der Waals surface area contributed by atoms with Crippen LogP contribution in [-0.2, 0) is 0 Å².